The van der Waals surface area contributed by atoms with Gasteiger partial charge in [-0.25, -0.2) is 0 Å². The van der Waals surface area contributed by atoms with Crippen LogP contribution in [-0.4, -0.2) is 35.9 Å². The van der Waals surface area contributed by atoms with Crippen molar-refractivity contribution >= 4 is 38.2 Å². The van der Waals surface area contributed by atoms with Crippen LogP contribution < -0.4 is 5.32 Å². The van der Waals surface area contributed by atoms with Crippen LogP contribution in [0.3, 0.4) is 0 Å². The van der Waals surface area contributed by atoms with E-state index in [1.54, 1.807) is 18.4 Å². The summed E-state index contributed by atoms with van der Waals surface area (Å²) in [6.07, 6.45) is 2.98. The number of carbonyl (C=O) groups is 1. The van der Waals surface area contributed by atoms with Gasteiger partial charge in [-0.05, 0) is 47.7 Å². The number of amides is 1. The van der Waals surface area contributed by atoms with Gasteiger partial charge in [0.2, 0.25) is 0 Å². The first-order valence-electron chi connectivity index (χ1n) is 10.0. The van der Waals surface area contributed by atoms with Gasteiger partial charge in [-0.2, -0.15) is 0 Å². The molecular formula is C24H23N3OS. The van der Waals surface area contributed by atoms with Gasteiger partial charge in [0, 0.05) is 42.3 Å². The van der Waals surface area contributed by atoms with Gasteiger partial charge < -0.3 is 5.32 Å². The Hall–Kier alpha value is -2.76. The molecule has 0 saturated carbocycles. The van der Waals surface area contributed by atoms with Crippen molar-refractivity contribution in [2.75, 3.05) is 20.1 Å². The lowest BCUT2D eigenvalue weighted by Gasteiger charge is -2.18. The van der Waals surface area contributed by atoms with E-state index in [9.17, 15) is 4.79 Å². The SMILES string of the molecule is CNC(=O)c1sc2ccccc2c1[C@H]1CCN(Cc2ccnc3ccccc23)C1. The number of aromatic nitrogens is 1. The van der Waals surface area contributed by atoms with Gasteiger partial charge in [-0.3, -0.25) is 14.7 Å². The fraction of sp³-hybridized carbons (Fsp3) is 0.250. The number of nitrogens with one attached hydrogen (secondary N) is 1. The first kappa shape index (κ1) is 18.3. The van der Waals surface area contributed by atoms with E-state index >= 15 is 0 Å². The fourth-order valence-electron chi connectivity index (χ4n) is 4.50. The van der Waals surface area contributed by atoms with Crippen LogP contribution in [0.25, 0.3) is 21.0 Å². The molecule has 2 aromatic carbocycles. The molecule has 1 atom stereocenters. The van der Waals surface area contributed by atoms with E-state index in [0.717, 1.165) is 36.4 Å². The average molecular weight is 402 g/mol. The summed E-state index contributed by atoms with van der Waals surface area (Å²) >= 11 is 1.61. The van der Waals surface area contributed by atoms with Gasteiger partial charge in [0.25, 0.3) is 5.91 Å². The minimum absolute atomic E-state index is 0.0276. The van der Waals surface area contributed by atoms with E-state index < -0.39 is 0 Å². The molecule has 1 aliphatic rings. The highest BCUT2D eigenvalue weighted by Gasteiger charge is 2.30. The van der Waals surface area contributed by atoms with E-state index in [1.165, 1.54) is 26.6 Å². The number of likely N-dealkylation sites (tertiary alicyclic amines) is 1. The summed E-state index contributed by atoms with van der Waals surface area (Å²) in [4.78, 5) is 20.4. The number of nitrogens with zero attached hydrogens (tertiary/aromatic N) is 2. The van der Waals surface area contributed by atoms with Crippen molar-refractivity contribution < 1.29 is 4.79 Å². The summed E-state index contributed by atoms with van der Waals surface area (Å²) in [5.41, 5.74) is 3.59. The maximum Gasteiger partial charge on any atom is 0.261 e. The minimum atomic E-state index is 0.0276. The Balaban J connectivity index is 1.45. The Morgan fingerprint density at radius 1 is 1.14 bits per heavy atom. The number of thiophene rings is 1. The summed E-state index contributed by atoms with van der Waals surface area (Å²) in [7, 11) is 1.71. The van der Waals surface area contributed by atoms with Gasteiger partial charge in [0.15, 0.2) is 0 Å². The van der Waals surface area contributed by atoms with Gasteiger partial charge in [0.05, 0.1) is 10.4 Å². The predicted octanol–water partition coefficient (Wildman–Crippen LogP) is 4.80. The number of pyridine rings is 1. The van der Waals surface area contributed by atoms with Crippen LogP contribution in [-0.2, 0) is 6.54 Å². The lowest BCUT2D eigenvalue weighted by atomic mass is 9.95. The Labute approximate surface area is 174 Å². The quantitative estimate of drug-likeness (QED) is 0.534. The summed E-state index contributed by atoms with van der Waals surface area (Å²) in [6, 6.07) is 18.9. The third-order valence-corrected chi connectivity index (χ3v) is 7.07. The normalized spacial score (nSPS) is 17.2. The highest BCUT2D eigenvalue weighted by Crippen LogP contribution is 2.40. The molecular weight excluding hydrogens is 378 g/mol. The maximum absolute atomic E-state index is 12.6. The zero-order valence-electron chi connectivity index (χ0n) is 16.4. The van der Waals surface area contributed by atoms with Gasteiger partial charge in [-0.15, -0.1) is 11.3 Å². The molecule has 29 heavy (non-hydrogen) atoms. The summed E-state index contributed by atoms with van der Waals surface area (Å²) in [5.74, 6) is 0.409. The van der Waals surface area contributed by atoms with Crippen LogP contribution in [0, 0.1) is 0 Å². The van der Waals surface area contributed by atoms with Crippen molar-refractivity contribution in [3.8, 4) is 0 Å². The molecule has 1 fully saturated rings. The summed E-state index contributed by atoms with van der Waals surface area (Å²) in [5, 5.41) is 5.29. The number of para-hydroxylation sites is 1. The summed E-state index contributed by atoms with van der Waals surface area (Å²) < 4.78 is 1.19. The smallest absolute Gasteiger partial charge is 0.261 e. The van der Waals surface area contributed by atoms with Crippen LogP contribution >= 0.6 is 11.3 Å². The Kier molecular flexibility index (Phi) is 4.78. The van der Waals surface area contributed by atoms with E-state index in [-0.39, 0.29) is 5.91 Å². The number of fused-ring (bicyclic) bond motifs is 2. The van der Waals surface area contributed by atoms with Crippen molar-refractivity contribution in [3.05, 3.63) is 76.8 Å². The van der Waals surface area contributed by atoms with E-state index in [4.69, 9.17) is 0 Å². The van der Waals surface area contributed by atoms with Crippen molar-refractivity contribution in [3.63, 3.8) is 0 Å². The number of carbonyl (C=O) groups excluding carboxylic acids is 1. The lowest BCUT2D eigenvalue weighted by Crippen LogP contribution is -2.21. The second-order valence-electron chi connectivity index (χ2n) is 7.63. The second kappa shape index (κ2) is 7.58. The summed E-state index contributed by atoms with van der Waals surface area (Å²) in [6.45, 7) is 2.93. The molecule has 0 radical (unpaired) electrons. The van der Waals surface area contributed by atoms with E-state index in [0.29, 0.717) is 5.92 Å². The molecule has 2 aromatic heterocycles. The average Bonchev–Trinajstić information content (AvgIpc) is 3.37. The zero-order chi connectivity index (χ0) is 19.8. The first-order valence-corrected chi connectivity index (χ1v) is 10.8. The molecule has 0 unspecified atom stereocenters. The Morgan fingerprint density at radius 3 is 2.79 bits per heavy atom. The predicted molar refractivity (Wildman–Crippen MR) is 120 cm³/mol. The minimum Gasteiger partial charge on any atom is -0.354 e. The number of benzene rings is 2. The molecule has 3 heterocycles. The molecule has 1 N–H and O–H groups in total. The van der Waals surface area contributed by atoms with Crippen molar-refractivity contribution in [2.24, 2.45) is 0 Å². The van der Waals surface area contributed by atoms with Crippen molar-refractivity contribution in [1.82, 2.24) is 15.2 Å². The first-order chi connectivity index (χ1) is 14.2. The van der Waals surface area contributed by atoms with Crippen LogP contribution in [0.4, 0.5) is 0 Å². The highest BCUT2D eigenvalue weighted by atomic mass is 32.1. The monoisotopic (exact) mass is 401 g/mol. The standard InChI is InChI=1S/C24H23N3OS/c1-25-24(28)23-22(19-7-3-5-9-21(19)29-23)17-11-13-27(15-17)14-16-10-12-26-20-8-4-2-6-18(16)20/h2-10,12,17H,11,13-15H2,1H3,(H,25,28)/t17-/m0/s1. The van der Waals surface area contributed by atoms with Crippen LogP contribution in [0.2, 0.25) is 0 Å². The third-order valence-electron chi connectivity index (χ3n) is 5.88. The fourth-order valence-corrected chi connectivity index (χ4v) is 5.73. The van der Waals surface area contributed by atoms with Gasteiger partial charge in [-0.1, -0.05) is 36.4 Å². The van der Waals surface area contributed by atoms with Crippen molar-refractivity contribution in [2.45, 2.75) is 18.9 Å². The molecule has 5 heteroatoms. The Bertz CT molecular complexity index is 1190. The maximum atomic E-state index is 12.6. The largest absolute Gasteiger partial charge is 0.354 e. The van der Waals surface area contributed by atoms with E-state index in [1.807, 2.05) is 18.3 Å². The van der Waals surface area contributed by atoms with Crippen LogP contribution in [0.1, 0.15) is 33.1 Å². The molecule has 1 aliphatic heterocycles. The molecule has 0 bridgehead atoms. The molecule has 4 aromatic rings. The number of rotatable bonds is 4. The number of hydrogen-bond donors (Lipinski definition) is 1. The molecule has 0 aliphatic carbocycles. The second-order valence-corrected chi connectivity index (χ2v) is 8.68. The molecule has 1 amide bonds. The molecule has 1 saturated heterocycles. The van der Waals surface area contributed by atoms with E-state index in [2.05, 4.69) is 57.7 Å². The van der Waals surface area contributed by atoms with Crippen molar-refractivity contribution in [1.29, 1.82) is 0 Å². The number of hydrogen-bond acceptors (Lipinski definition) is 4. The highest BCUT2D eigenvalue weighted by molar-refractivity contribution is 7.21. The molecule has 5 rings (SSSR count). The molecule has 4 nitrogen and oxygen atoms in total. The topological polar surface area (TPSA) is 45.2 Å². The van der Waals surface area contributed by atoms with Crippen LogP contribution in [0.5, 0.6) is 0 Å². The molecule has 146 valence electrons. The lowest BCUT2D eigenvalue weighted by molar-refractivity contribution is 0.0966. The van der Waals surface area contributed by atoms with Gasteiger partial charge >= 0.3 is 0 Å². The molecule has 0 spiro atoms. The third kappa shape index (κ3) is 3.30. The van der Waals surface area contributed by atoms with Crippen LogP contribution in [0.15, 0.2) is 60.8 Å². The zero-order valence-corrected chi connectivity index (χ0v) is 17.2. The Morgan fingerprint density at radius 2 is 1.93 bits per heavy atom. The van der Waals surface area contributed by atoms with Gasteiger partial charge in [0.1, 0.15) is 0 Å².